The molecule has 0 aromatic heterocycles. The zero-order valence-corrected chi connectivity index (χ0v) is 9.43. The second-order valence-electron chi connectivity index (χ2n) is 2.68. The monoisotopic (exact) mass is 244 g/mol. The van der Waals surface area contributed by atoms with Gasteiger partial charge in [-0.25, -0.2) is 0 Å². The second-order valence-corrected chi connectivity index (χ2v) is 3.59. The van der Waals surface area contributed by atoms with E-state index in [1.54, 1.807) is 7.11 Å². The predicted octanol–water partition coefficient (Wildman–Crippen LogP) is 3.25. The minimum absolute atomic E-state index is 0.736. The van der Waals surface area contributed by atoms with E-state index in [0.717, 1.165) is 29.0 Å². The van der Waals surface area contributed by atoms with Gasteiger partial charge in [-0.2, -0.15) is 0 Å². The minimum atomic E-state index is 0.736. The third-order valence-corrected chi connectivity index (χ3v) is 2.01. The van der Waals surface area contributed by atoms with E-state index < -0.39 is 0 Å². The molecule has 13 heavy (non-hydrogen) atoms. The van der Waals surface area contributed by atoms with E-state index in [-0.39, 0.29) is 0 Å². The first-order valence-electron chi connectivity index (χ1n) is 4.23. The number of halogens is 1. The molecule has 0 unspecified atom stereocenters. The fourth-order valence-electron chi connectivity index (χ4n) is 0.958. The normalized spacial score (nSPS) is 9.77. The summed E-state index contributed by atoms with van der Waals surface area (Å²) in [7, 11) is 1.64. The number of hydrogen-bond donors (Lipinski definition) is 0. The van der Waals surface area contributed by atoms with Crippen molar-refractivity contribution in [1.82, 2.24) is 0 Å². The first kappa shape index (κ1) is 10.4. The summed E-state index contributed by atoms with van der Waals surface area (Å²) >= 11 is 3.39. The molecule has 0 saturated heterocycles. The minimum Gasteiger partial charge on any atom is -0.497 e. The van der Waals surface area contributed by atoms with Gasteiger partial charge in [0.2, 0.25) is 0 Å². The highest BCUT2D eigenvalue weighted by molar-refractivity contribution is 9.10. The highest BCUT2D eigenvalue weighted by Gasteiger charge is 1.99. The molecule has 0 fully saturated rings. The van der Waals surface area contributed by atoms with Crippen LogP contribution < -0.4 is 9.47 Å². The van der Waals surface area contributed by atoms with Crippen LogP contribution in [0, 0.1) is 0 Å². The molecule has 1 aromatic carbocycles. The molecule has 72 valence electrons. The van der Waals surface area contributed by atoms with Gasteiger partial charge >= 0.3 is 0 Å². The summed E-state index contributed by atoms with van der Waals surface area (Å²) in [5.41, 5.74) is 0. The zero-order chi connectivity index (χ0) is 9.68. The summed E-state index contributed by atoms with van der Waals surface area (Å²) in [4.78, 5) is 0. The standard InChI is InChI=1S/C10H13BrO2/c1-3-4-13-10-6-8(11)5-9(7-10)12-2/h5-7H,3-4H2,1-2H3. The molecule has 0 radical (unpaired) electrons. The summed E-state index contributed by atoms with van der Waals surface area (Å²) < 4.78 is 11.5. The fraction of sp³-hybridized carbons (Fsp3) is 0.400. The van der Waals surface area contributed by atoms with E-state index >= 15 is 0 Å². The van der Waals surface area contributed by atoms with E-state index in [1.165, 1.54) is 0 Å². The molecule has 0 bridgehead atoms. The predicted molar refractivity (Wildman–Crippen MR) is 56.5 cm³/mol. The third kappa shape index (κ3) is 3.27. The van der Waals surface area contributed by atoms with Crippen molar-refractivity contribution >= 4 is 15.9 Å². The zero-order valence-electron chi connectivity index (χ0n) is 7.84. The van der Waals surface area contributed by atoms with Crippen molar-refractivity contribution in [2.24, 2.45) is 0 Å². The molecule has 0 aliphatic heterocycles. The molecule has 1 rings (SSSR count). The van der Waals surface area contributed by atoms with Gasteiger partial charge < -0.3 is 9.47 Å². The van der Waals surface area contributed by atoms with Gasteiger partial charge in [0.25, 0.3) is 0 Å². The van der Waals surface area contributed by atoms with Gasteiger partial charge in [-0.1, -0.05) is 22.9 Å². The van der Waals surface area contributed by atoms with Crippen LogP contribution in [0.3, 0.4) is 0 Å². The molecule has 0 heterocycles. The first-order chi connectivity index (χ1) is 6.26. The van der Waals surface area contributed by atoms with Crippen LogP contribution >= 0.6 is 15.9 Å². The summed E-state index contributed by atoms with van der Waals surface area (Å²) in [5.74, 6) is 1.65. The van der Waals surface area contributed by atoms with Crippen LogP contribution in [0.1, 0.15) is 13.3 Å². The molecule has 3 heteroatoms. The molecule has 1 aromatic rings. The van der Waals surface area contributed by atoms with Gasteiger partial charge in [0.15, 0.2) is 0 Å². The molecular formula is C10H13BrO2. The van der Waals surface area contributed by atoms with Gasteiger partial charge in [-0.3, -0.25) is 0 Å². The van der Waals surface area contributed by atoms with Gasteiger partial charge in [0.1, 0.15) is 11.5 Å². The Bertz CT molecular complexity index is 274. The Morgan fingerprint density at radius 3 is 2.54 bits per heavy atom. The second kappa shape index (κ2) is 5.12. The van der Waals surface area contributed by atoms with Crippen LogP contribution in [-0.4, -0.2) is 13.7 Å². The van der Waals surface area contributed by atoms with Gasteiger partial charge in [-0.15, -0.1) is 0 Å². The van der Waals surface area contributed by atoms with Crippen molar-refractivity contribution in [3.8, 4) is 11.5 Å². The van der Waals surface area contributed by atoms with Crippen LogP contribution in [0.25, 0.3) is 0 Å². The van der Waals surface area contributed by atoms with E-state index in [4.69, 9.17) is 9.47 Å². The molecule has 0 atom stereocenters. The Hall–Kier alpha value is -0.700. The third-order valence-electron chi connectivity index (χ3n) is 1.55. The Morgan fingerprint density at radius 2 is 1.92 bits per heavy atom. The average Bonchev–Trinajstić information content (AvgIpc) is 2.14. The topological polar surface area (TPSA) is 18.5 Å². The molecule has 2 nitrogen and oxygen atoms in total. The van der Waals surface area contributed by atoms with Crippen LogP contribution in [0.2, 0.25) is 0 Å². The Labute approximate surface area is 87.0 Å². The largest absolute Gasteiger partial charge is 0.497 e. The number of hydrogen-bond acceptors (Lipinski definition) is 2. The van der Waals surface area contributed by atoms with Gasteiger partial charge in [0.05, 0.1) is 13.7 Å². The molecular weight excluding hydrogens is 232 g/mol. The summed E-state index contributed by atoms with van der Waals surface area (Å²) in [6, 6.07) is 5.71. The molecule has 0 aliphatic rings. The van der Waals surface area contributed by atoms with Crippen LogP contribution in [0.5, 0.6) is 11.5 Å². The lowest BCUT2D eigenvalue weighted by atomic mass is 10.3. The van der Waals surface area contributed by atoms with E-state index in [1.807, 2.05) is 18.2 Å². The van der Waals surface area contributed by atoms with Crippen molar-refractivity contribution < 1.29 is 9.47 Å². The molecule has 0 N–H and O–H groups in total. The highest BCUT2D eigenvalue weighted by Crippen LogP contribution is 2.26. The summed E-state index contributed by atoms with van der Waals surface area (Å²) in [5, 5.41) is 0. The van der Waals surface area contributed by atoms with E-state index in [9.17, 15) is 0 Å². The van der Waals surface area contributed by atoms with Crippen LogP contribution in [0.15, 0.2) is 22.7 Å². The maximum Gasteiger partial charge on any atom is 0.124 e. The average molecular weight is 245 g/mol. The lowest BCUT2D eigenvalue weighted by Gasteiger charge is -2.07. The first-order valence-corrected chi connectivity index (χ1v) is 5.03. The van der Waals surface area contributed by atoms with Crippen molar-refractivity contribution in [3.63, 3.8) is 0 Å². The fourth-order valence-corrected chi connectivity index (χ4v) is 1.41. The Kier molecular flexibility index (Phi) is 4.09. The van der Waals surface area contributed by atoms with Gasteiger partial charge in [0, 0.05) is 10.5 Å². The quantitative estimate of drug-likeness (QED) is 0.810. The summed E-state index contributed by atoms with van der Waals surface area (Å²) in [6.45, 7) is 2.81. The lowest BCUT2D eigenvalue weighted by molar-refractivity contribution is 0.314. The van der Waals surface area contributed by atoms with Crippen molar-refractivity contribution in [1.29, 1.82) is 0 Å². The SMILES string of the molecule is CCCOc1cc(Br)cc(OC)c1. The number of methoxy groups -OCH3 is 1. The van der Waals surface area contributed by atoms with E-state index in [0.29, 0.717) is 0 Å². The molecule has 0 aliphatic carbocycles. The number of ether oxygens (including phenoxy) is 2. The van der Waals surface area contributed by atoms with Crippen molar-refractivity contribution in [3.05, 3.63) is 22.7 Å². The molecule has 0 amide bonds. The Balaban J connectivity index is 2.76. The number of benzene rings is 1. The Morgan fingerprint density at radius 1 is 1.23 bits per heavy atom. The van der Waals surface area contributed by atoms with E-state index in [2.05, 4.69) is 22.9 Å². The number of rotatable bonds is 4. The molecule has 0 spiro atoms. The lowest BCUT2D eigenvalue weighted by Crippen LogP contribution is -1.95. The van der Waals surface area contributed by atoms with Crippen LogP contribution in [0.4, 0.5) is 0 Å². The van der Waals surface area contributed by atoms with Crippen molar-refractivity contribution in [2.45, 2.75) is 13.3 Å². The highest BCUT2D eigenvalue weighted by atomic mass is 79.9. The maximum atomic E-state index is 5.47. The van der Waals surface area contributed by atoms with Crippen LogP contribution in [-0.2, 0) is 0 Å². The maximum absolute atomic E-state index is 5.47. The molecule has 0 saturated carbocycles. The smallest absolute Gasteiger partial charge is 0.124 e. The van der Waals surface area contributed by atoms with Gasteiger partial charge in [-0.05, 0) is 18.6 Å². The van der Waals surface area contributed by atoms with Crippen molar-refractivity contribution in [2.75, 3.05) is 13.7 Å². The summed E-state index contributed by atoms with van der Waals surface area (Å²) in [6.07, 6.45) is 1.01.